The summed E-state index contributed by atoms with van der Waals surface area (Å²) in [6.07, 6.45) is 0. The number of nitrogens with zero attached hydrogens (tertiary/aromatic N) is 3. The molecule has 0 aliphatic carbocycles. The van der Waals surface area contributed by atoms with Gasteiger partial charge in [0.25, 0.3) is 0 Å². The van der Waals surface area contributed by atoms with Gasteiger partial charge in [-0.3, -0.25) is 0 Å². The predicted molar refractivity (Wildman–Crippen MR) is 95.3 cm³/mol. The van der Waals surface area contributed by atoms with Gasteiger partial charge in [-0.05, 0) is 38.2 Å². The van der Waals surface area contributed by atoms with E-state index in [1.165, 1.54) is 0 Å². The maximum Gasteiger partial charge on any atom is 0.196 e. The second kappa shape index (κ2) is 6.72. The Morgan fingerprint density at radius 3 is 2.74 bits per heavy atom. The molecule has 3 aromatic rings. The first-order valence-corrected chi connectivity index (χ1v) is 8.32. The largest absolute Gasteiger partial charge is 0.450 e. The molecule has 0 saturated heterocycles. The van der Waals surface area contributed by atoms with Gasteiger partial charge in [0, 0.05) is 23.5 Å². The molecule has 3 rings (SSSR count). The van der Waals surface area contributed by atoms with Crippen molar-refractivity contribution in [2.24, 2.45) is 0 Å². The lowest BCUT2D eigenvalue weighted by Gasteiger charge is -2.18. The summed E-state index contributed by atoms with van der Waals surface area (Å²) in [6.45, 7) is 10.1. The number of aromatic nitrogens is 2. The summed E-state index contributed by atoms with van der Waals surface area (Å²) in [5.41, 5.74) is 2.27. The Balaban J connectivity index is 1.95. The van der Waals surface area contributed by atoms with Crippen molar-refractivity contribution in [1.29, 1.82) is 0 Å². The van der Waals surface area contributed by atoms with Gasteiger partial charge < -0.3 is 14.6 Å². The van der Waals surface area contributed by atoms with Crippen LogP contribution in [0.15, 0.2) is 22.6 Å². The minimum atomic E-state index is 0.674. The number of hydrogen-bond donors (Lipinski definition) is 1. The Morgan fingerprint density at radius 1 is 1.22 bits per heavy atom. The van der Waals surface area contributed by atoms with E-state index in [0.29, 0.717) is 16.4 Å². The molecule has 1 N–H and O–H groups in total. The summed E-state index contributed by atoms with van der Waals surface area (Å²) in [5, 5.41) is 4.98. The lowest BCUT2D eigenvalue weighted by Crippen LogP contribution is -2.28. The number of hydrogen-bond acceptors (Lipinski definition) is 5. The topological polar surface area (TPSA) is 54.2 Å². The van der Waals surface area contributed by atoms with E-state index < -0.39 is 0 Å². The van der Waals surface area contributed by atoms with E-state index in [0.717, 1.165) is 48.5 Å². The van der Waals surface area contributed by atoms with Crippen molar-refractivity contribution in [3.63, 3.8) is 0 Å². The van der Waals surface area contributed by atoms with Gasteiger partial charge in [0.15, 0.2) is 11.4 Å². The van der Waals surface area contributed by atoms with E-state index in [4.69, 9.17) is 16.0 Å². The molecule has 0 fully saturated rings. The van der Waals surface area contributed by atoms with E-state index >= 15 is 0 Å². The highest BCUT2D eigenvalue weighted by atomic mass is 35.5. The van der Waals surface area contributed by atoms with Crippen LogP contribution in [0.3, 0.4) is 0 Å². The number of likely N-dealkylation sites (N-methyl/N-ethyl adjacent to an activating group) is 1. The molecule has 0 saturated carbocycles. The van der Waals surface area contributed by atoms with Crippen molar-refractivity contribution in [2.45, 2.75) is 20.8 Å². The Kier molecular flexibility index (Phi) is 4.68. The number of rotatable bonds is 6. The van der Waals surface area contributed by atoms with Crippen LogP contribution < -0.4 is 5.32 Å². The van der Waals surface area contributed by atoms with Crippen molar-refractivity contribution in [3.8, 4) is 0 Å². The van der Waals surface area contributed by atoms with Crippen LogP contribution in [-0.4, -0.2) is 41.0 Å². The van der Waals surface area contributed by atoms with Crippen molar-refractivity contribution >= 4 is 39.5 Å². The summed E-state index contributed by atoms with van der Waals surface area (Å²) in [7, 11) is 0. The Morgan fingerprint density at radius 2 is 2.00 bits per heavy atom. The number of fused-ring (bicyclic) bond motifs is 3. The third kappa shape index (κ3) is 3.26. The first-order chi connectivity index (χ1) is 11.1. The first kappa shape index (κ1) is 16.0. The maximum absolute atomic E-state index is 6.10. The van der Waals surface area contributed by atoms with Crippen LogP contribution in [0.2, 0.25) is 5.02 Å². The predicted octanol–water partition coefficient (Wildman–Crippen LogP) is 4.09. The zero-order chi connectivity index (χ0) is 16.4. The van der Waals surface area contributed by atoms with Gasteiger partial charge in [-0.15, -0.1) is 0 Å². The van der Waals surface area contributed by atoms with Gasteiger partial charge in [-0.25, -0.2) is 9.97 Å². The number of anilines is 1. The van der Waals surface area contributed by atoms with Gasteiger partial charge in [-0.1, -0.05) is 25.4 Å². The molecular formula is C17H21ClN4O. The molecule has 0 radical (unpaired) electrons. The van der Waals surface area contributed by atoms with E-state index in [1.807, 2.05) is 25.1 Å². The lowest BCUT2D eigenvalue weighted by molar-refractivity contribution is 0.316. The molecule has 5 nitrogen and oxygen atoms in total. The van der Waals surface area contributed by atoms with Crippen LogP contribution in [0.25, 0.3) is 22.1 Å². The SMILES string of the molecule is CCN(CC)CCNc1nc(C)nc2c1oc1ccc(Cl)cc12. The lowest BCUT2D eigenvalue weighted by atomic mass is 10.2. The monoisotopic (exact) mass is 332 g/mol. The summed E-state index contributed by atoms with van der Waals surface area (Å²) in [6, 6.07) is 5.57. The van der Waals surface area contributed by atoms with E-state index in [1.54, 1.807) is 0 Å². The zero-order valence-electron chi connectivity index (χ0n) is 13.7. The number of nitrogens with one attached hydrogen (secondary N) is 1. The van der Waals surface area contributed by atoms with E-state index in [9.17, 15) is 0 Å². The van der Waals surface area contributed by atoms with Gasteiger partial charge >= 0.3 is 0 Å². The summed E-state index contributed by atoms with van der Waals surface area (Å²) in [5.74, 6) is 1.46. The quantitative estimate of drug-likeness (QED) is 0.736. The molecule has 0 atom stereocenters. The first-order valence-electron chi connectivity index (χ1n) is 7.95. The van der Waals surface area contributed by atoms with Crippen LogP contribution >= 0.6 is 11.6 Å². The van der Waals surface area contributed by atoms with Crippen molar-refractivity contribution < 1.29 is 4.42 Å². The molecule has 0 spiro atoms. The number of benzene rings is 1. The van der Waals surface area contributed by atoms with Crippen LogP contribution in [0.1, 0.15) is 19.7 Å². The second-order valence-corrected chi connectivity index (χ2v) is 5.93. The van der Waals surface area contributed by atoms with Gasteiger partial charge in [0.1, 0.15) is 16.9 Å². The summed E-state index contributed by atoms with van der Waals surface area (Å²) < 4.78 is 5.94. The Bertz CT molecular complexity index is 826. The third-order valence-corrected chi connectivity index (χ3v) is 4.24. The zero-order valence-corrected chi connectivity index (χ0v) is 14.4. The van der Waals surface area contributed by atoms with Crippen LogP contribution in [0.5, 0.6) is 0 Å². The normalized spacial score (nSPS) is 11.7. The molecule has 0 aliphatic heterocycles. The standard InChI is InChI=1S/C17H21ClN4O/c1-4-22(5-2)9-8-19-17-16-15(20-11(3)21-17)13-10-12(18)6-7-14(13)23-16/h6-7,10H,4-5,8-9H2,1-3H3,(H,19,20,21). The summed E-state index contributed by atoms with van der Waals surface area (Å²) >= 11 is 6.10. The molecule has 6 heteroatoms. The summed E-state index contributed by atoms with van der Waals surface area (Å²) in [4.78, 5) is 11.4. The molecule has 2 aromatic heterocycles. The minimum absolute atomic E-state index is 0.674. The van der Waals surface area contributed by atoms with Gasteiger partial charge in [-0.2, -0.15) is 0 Å². The van der Waals surface area contributed by atoms with Crippen LogP contribution in [0.4, 0.5) is 5.82 Å². The molecular weight excluding hydrogens is 312 g/mol. The molecule has 122 valence electrons. The highest BCUT2D eigenvalue weighted by Crippen LogP contribution is 2.32. The smallest absolute Gasteiger partial charge is 0.196 e. The molecule has 1 aromatic carbocycles. The number of furan rings is 1. The van der Waals surface area contributed by atoms with Crippen molar-refractivity contribution in [2.75, 3.05) is 31.5 Å². The van der Waals surface area contributed by atoms with E-state index in [-0.39, 0.29) is 0 Å². The third-order valence-electron chi connectivity index (χ3n) is 4.00. The average Bonchev–Trinajstić information content (AvgIpc) is 2.89. The second-order valence-electron chi connectivity index (χ2n) is 5.49. The van der Waals surface area contributed by atoms with Gasteiger partial charge in [0.05, 0.1) is 0 Å². The van der Waals surface area contributed by atoms with Gasteiger partial charge in [0.2, 0.25) is 0 Å². The Labute approximate surface area is 140 Å². The highest BCUT2D eigenvalue weighted by Gasteiger charge is 2.15. The fourth-order valence-corrected chi connectivity index (χ4v) is 2.89. The molecule has 23 heavy (non-hydrogen) atoms. The average molecular weight is 333 g/mol. The number of aryl methyl sites for hydroxylation is 1. The Hall–Kier alpha value is -1.85. The molecule has 2 heterocycles. The minimum Gasteiger partial charge on any atom is -0.450 e. The molecule has 0 aliphatic rings. The van der Waals surface area contributed by atoms with Crippen molar-refractivity contribution in [1.82, 2.24) is 14.9 Å². The highest BCUT2D eigenvalue weighted by molar-refractivity contribution is 6.31. The fourth-order valence-electron chi connectivity index (χ4n) is 2.72. The van der Waals surface area contributed by atoms with Crippen molar-refractivity contribution in [3.05, 3.63) is 29.0 Å². The fraction of sp³-hybridized carbons (Fsp3) is 0.412. The number of halogens is 1. The maximum atomic E-state index is 6.10. The van der Waals surface area contributed by atoms with E-state index in [2.05, 4.69) is 34.0 Å². The van der Waals surface area contributed by atoms with Crippen LogP contribution in [0, 0.1) is 6.92 Å². The molecule has 0 amide bonds. The van der Waals surface area contributed by atoms with Crippen LogP contribution in [-0.2, 0) is 0 Å². The molecule has 0 unspecified atom stereocenters. The molecule has 0 bridgehead atoms.